The Morgan fingerprint density at radius 2 is 1.69 bits per heavy atom. The van der Waals surface area contributed by atoms with E-state index in [1.807, 2.05) is 50.2 Å². The van der Waals surface area contributed by atoms with Gasteiger partial charge in [-0.15, -0.1) is 0 Å². The minimum atomic E-state index is -0.800. The molecule has 0 aliphatic rings. The molecule has 1 N–H and O–H groups in total. The van der Waals surface area contributed by atoms with Crippen LogP contribution in [-0.2, 0) is 4.79 Å². The Morgan fingerprint density at radius 3 is 2.39 bits per heavy atom. The van der Waals surface area contributed by atoms with Crippen LogP contribution in [0.25, 0.3) is 11.0 Å². The number of amides is 1. The number of hydrogen-bond acceptors (Lipinski definition) is 5. The van der Waals surface area contributed by atoms with E-state index in [0.717, 1.165) is 11.1 Å². The number of ether oxygens (including phenoxy) is 2. The predicted molar refractivity (Wildman–Crippen MR) is 141 cm³/mol. The lowest BCUT2D eigenvalue weighted by molar-refractivity contribution is -0.122. The number of carbonyl (C=O) groups is 2. The van der Waals surface area contributed by atoms with E-state index >= 15 is 0 Å². The standard InChI is InChI=1S/C30H31NO5/c1-6-34-22-14-12-21(13-15-22)28(32)29-27(24-9-7-8-10-25(24)36-29)31-30(33)20(5)35-26-17-19(4)11-16-23(26)18(2)3/h7-18,20H,6H2,1-5H3,(H,31,33). The number of para-hydroxylation sites is 1. The monoisotopic (exact) mass is 485 g/mol. The highest BCUT2D eigenvalue weighted by molar-refractivity contribution is 6.17. The zero-order chi connectivity index (χ0) is 25.8. The van der Waals surface area contributed by atoms with Crippen molar-refractivity contribution in [3.8, 4) is 11.5 Å². The molecule has 6 nitrogen and oxygen atoms in total. The Balaban J connectivity index is 1.62. The molecule has 0 spiro atoms. The lowest BCUT2D eigenvalue weighted by Crippen LogP contribution is -2.31. The van der Waals surface area contributed by atoms with Gasteiger partial charge < -0.3 is 19.2 Å². The van der Waals surface area contributed by atoms with Gasteiger partial charge >= 0.3 is 0 Å². The molecule has 0 saturated carbocycles. The number of carbonyl (C=O) groups excluding carboxylic acids is 2. The van der Waals surface area contributed by atoms with Gasteiger partial charge in [-0.05, 0) is 80.3 Å². The number of aryl methyl sites for hydroxylation is 1. The van der Waals surface area contributed by atoms with E-state index in [2.05, 4.69) is 19.2 Å². The van der Waals surface area contributed by atoms with Crippen molar-refractivity contribution >= 4 is 28.3 Å². The summed E-state index contributed by atoms with van der Waals surface area (Å²) in [5.74, 6) is 0.953. The van der Waals surface area contributed by atoms with E-state index in [-0.39, 0.29) is 23.4 Å². The van der Waals surface area contributed by atoms with Gasteiger partial charge in [-0.3, -0.25) is 9.59 Å². The molecule has 1 aromatic heterocycles. The van der Waals surface area contributed by atoms with E-state index in [9.17, 15) is 9.59 Å². The Morgan fingerprint density at radius 1 is 0.972 bits per heavy atom. The third kappa shape index (κ3) is 5.28. The molecule has 4 rings (SSSR count). The van der Waals surface area contributed by atoms with Crippen LogP contribution in [0.5, 0.6) is 11.5 Å². The van der Waals surface area contributed by atoms with E-state index in [1.54, 1.807) is 37.3 Å². The summed E-state index contributed by atoms with van der Waals surface area (Å²) in [6.07, 6.45) is -0.800. The zero-order valence-electron chi connectivity index (χ0n) is 21.3. The van der Waals surface area contributed by atoms with Crippen molar-refractivity contribution in [3.63, 3.8) is 0 Å². The van der Waals surface area contributed by atoms with Crippen LogP contribution in [-0.4, -0.2) is 24.4 Å². The highest BCUT2D eigenvalue weighted by atomic mass is 16.5. The topological polar surface area (TPSA) is 77.8 Å². The Hall–Kier alpha value is -4.06. The Bertz CT molecular complexity index is 1380. The predicted octanol–water partition coefficient (Wildman–Crippen LogP) is 6.90. The number of hydrogen-bond donors (Lipinski definition) is 1. The largest absolute Gasteiger partial charge is 0.494 e. The van der Waals surface area contributed by atoms with Gasteiger partial charge in [0.1, 0.15) is 17.1 Å². The number of furan rings is 1. The fraction of sp³-hybridized carbons (Fsp3) is 0.267. The van der Waals surface area contributed by atoms with Gasteiger partial charge in [0.25, 0.3) is 5.91 Å². The van der Waals surface area contributed by atoms with Crippen LogP contribution in [0.15, 0.2) is 71.1 Å². The number of anilines is 1. The van der Waals surface area contributed by atoms with Gasteiger partial charge in [0.05, 0.1) is 12.3 Å². The minimum Gasteiger partial charge on any atom is -0.494 e. The van der Waals surface area contributed by atoms with Crippen molar-refractivity contribution in [1.82, 2.24) is 0 Å². The van der Waals surface area contributed by atoms with Crippen LogP contribution in [0.4, 0.5) is 5.69 Å². The molecule has 0 radical (unpaired) electrons. The molecule has 0 aliphatic carbocycles. The van der Waals surface area contributed by atoms with E-state index < -0.39 is 6.10 Å². The fourth-order valence-corrected chi connectivity index (χ4v) is 4.02. The molecular weight excluding hydrogens is 454 g/mol. The second-order valence-electron chi connectivity index (χ2n) is 9.03. The second-order valence-corrected chi connectivity index (χ2v) is 9.03. The lowest BCUT2D eigenvalue weighted by Gasteiger charge is -2.19. The van der Waals surface area contributed by atoms with Crippen LogP contribution >= 0.6 is 0 Å². The van der Waals surface area contributed by atoms with Crippen molar-refractivity contribution in [2.24, 2.45) is 0 Å². The summed E-state index contributed by atoms with van der Waals surface area (Å²) in [4.78, 5) is 26.6. The lowest BCUT2D eigenvalue weighted by atomic mass is 10.0. The van der Waals surface area contributed by atoms with Crippen LogP contribution < -0.4 is 14.8 Å². The molecule has 0 saturated heterocycles. The first-order valence-electron chi connectivity index (χ1n) is 12.2. The van der Waals surface area contributed by atoms with Crippen molar-refractivity contribution in [2.75, 3.05) is 11.9 Å². The van der Waals surface area contributed by atoms with E-state index in [4.69, 9.17) is 13.9 Å². The highest BCUT2D eigenvalue weighted by Crippen LogP contribution is 2.33. The number of nitrogens with one attached hydrogen (secondary N) is 1. The molecule has 0 aliphatic heterocycles. The maximum absolute atomic E-state index is 13.4. The van der Waals surface area contributed by atoms with E-state index in [1.165, 1.54) is 0 Å². The second kappa shape index (κ2) is 10.7. The first-order chi connectivity index (χ1) is 17.3. The van der Waals surface area contributed by atoms with Gasteiger partial charge in [0, 0.05) is 10.9 Å². The molecule has 3 aromatic carbocycles. The van der Waals surface area contributed by atoms with Crippen LogP contribution in [0.1, 0.15) is 60.9 Å². The van der Waals surface area contributed by atoms with Crippen molar-refractivity contribution in [1.29, 1.82) is 0 Å². The average molecular weight is 486 g/mol. The molecule has 186 valence electrons. The van der Waals surface area contributed by atoms with Gasteiger partial charge in [0.2, 0.25) is 5.78 Å². The SMILES string of the molecule is CCOc1ccc(C(=O)c2oc3ccccc3c2NC(=O)C(C)Oc2cc(C)ccc2C(C)C)cc1. The average Bonchev–Trinajstić information content (AvgIpc) is 3.22. The number of fused-ring (bicyclic) bond motifs is 1. The van der Waals surface area contributed by atoms with E-state index in [0.29, 0.717) is 40.3 Å². The summed E-state index contributed by atoms with van der Waals surface area (Å²) in [5.41, 5.74) is 3.35. The quantitative estimate of drug-likeness (QED) is 0.261. The molecule has 4 aromatic rings. The number of ketones is 1. The normalized spacial score (nSPS) is 11.9. The molecule has 6 heteroatoms. The van der Waals surface area contributed by atoms with Gasteiger partial charge in [-0.2, -0.15) is 0 Å². The maximum Gasteiger partial charge on any atom is 0.265 e. The summed E-state index contributed by atoms with van der Waals surface area (Å²) in [6.45, 7) is 10.3. The molecular formula is C30H31NO5. The smallest absolute Gasteiger partial charge is 0.265 e. The minimum absolute atomic E-state index is 0.0688. The Kier molecular flexibility index (Phi) is 7.44. The molecule has 0 fully saturated rings. The van der Waals surface area contributed by atoms with Gasteiger partial charge in [-0.1, -0.05) is 38.1 Å². The Labute approximate surface area is 211 Å². The molecule has 1 unspecified atom stereocenters. The summed E-state index contributed by atoms with van der Waals surface area (Å²) in [7, 11) is 0. The van der Waals surface area contributed by atoms with Gasteiger partial charge in [0.15, 0.2) is 11.9 Å². The highest BCUT2D eigenvalue weighted by Gasteiger charge is 2.26. The summed E-state index contributed by atoms with van der Waals surface area (Å²) < 4.78 is 17.5. The molecule has 1 heterocycles. The van der Waals surface area contributed by atoms with Crippen LogP contribution in [0.2, 0.25) is 0 Å². The first kappa shape index (κ1) is 25.0. The summed E-state index contributed by atoms with van der Waals surface area (Å²) in [5, 5.41) is 3.54. The van der Waals surface area contributed by atoms with Crippen LogP contribution in [0.3, 0.4) is 0 Å². The third-order valence-corrected chi connectivity index (χ3v) is 5.94. The fourth-order valence-electron chi connectivity index (χ4n) is 4.02. The summed E-state index contributed by atoms with van der Waals surface area (Å²) in [6, 6.07) is 20.1. The van der Waals surface area contributed by atoms with Crippen molar-refractivity contribution in [3.05, 3.63) is 89.2 Å². The molecule has 36 heavy (non-hydrogen) atoms. The molecule has 0 bridgehead atoms. The zero-order valence-corrected chi connectivity index (χ0v) is 21.3. The number of benzene rings is 3. The third-order valence-electron chi connectivity index (χ3n) is 5.94. The number of rotatable bonds is 9. The van der Waals surface area contributed by atoms with Crippen molar-refractivity contribution < 1.29 is 23.5 Å². The van der Waals surface area contributed by atoms with Crippen molar-refractivity contribution in [2.45, 2.75) is 46.6 Å². The first-order valence-corrected chi connectivity index (χ1v) is 12.2. The van der Waals surface area contributed by atoms with Gasteiger partial charge in [-0.25, -0.2) is 0 Å². The van der Waals surface area contributed by atoms with Crippen LogP contribution in [0, 0.1) is 6.92 Å². The maximum atomic E-state index is 13.4. The molecule has 1 atom stereocenters. The summed E-state index contributed by atoms with van der Waals surface area (Å²) >= 11 is 0. The molecule has 1 amide bonds.